The van der Waals surface area contributed by atoms with Gasteiger partial charge in [-0.1, -0.05) is 24.3 Å². The molecule has 3 aromatic rings. The van der Waals surface area contributed by atoms with Gasteiger partial charge in [0.05, 0.1) is 30.8 Å². The summed E-state index contributed by atoms with van der Waals surface area (Å²) in [5.41, 5.74) is 2.92. The van der Waals surface area contributed by atoms with Crippen LogP contribution in [0, 0.1) is 0 Å². The van der Waals surface area contributed by atoms with Crippen molar-refractivity contribution in [3.63, 3.8) is 0 Å². The molecule has 118 valence electrons. The zero-order chi connectivity index (χ0) is 16.4. The number of hydrogen-bond donors (Lipinski definition) is 3. The summed E-state index contributed by atoms with van der Waals surface area (Å²) in [6.45, 7) is -0.568. The van der Waals surface area contributed by atoms with Crippen molar-refractivity contribution in [2.24, 2.45) is 0 Å². The van der Waals surface area contributed by atoms with Gasteiger partial charge in [0.1, 0.15) is 11.8 Å². The second-order valence-electron chi connectivity index (χ2n) is 5.28. The number of hydrogen-bond acceptors (Lipinski definition) is 5. The fourth-order valence-electron chi connectivity index (χ4n) is 2.58. The molecule has 2 aromatic carbocycles. The highest BCUT2D eigenvalue weighted by atomic mass is 16.3. The van der Waals surface area contributed by atoms with Gasteiger partial charge in [-0.2, -0.15) is 0 Å². The van der Waals surface area contributed by atoms with E-state index in [9.17, 15) is 15.0 Å². The Morgan fingerprint density at radius 2 is 1.57 bits per heavy atom. The van der Waals surface area contributed by atoms with Crippen LogP contribution in [0.3, 0.4) is 0 Å². The zero-order valence-electron chi connectivity index (χ0n) is 12.3. The molecular formula is C18H16O5. The standard InChI is InChI=1S/C18H16O5/c19-7-11-1-3-13(4-2-11)16-10-23-18-14(9-21)5-12(8-20)6-15(18)17(16)22/h1-6,10,19-21H,7-9H2. The maximum absolute atomic E-state index is 12.7. The van der Waals surface area contributed by atoms with Crippen LogP contribution in [0.15, 0.2) is 51.9 Å². The number of benzene rings is 2. The van der Waals surface area contributed by atoms with Gasteiger partial charge in [-0.25, -0.2) is 0 Å². The third-order valence-corrected chi connectivity index (χ3v) is 3.81. The van der Waals surface area contributed by atoms with Gasteiger partial charge in [-0.3, -0.25) is 4.79 Å². The summed E-state index contributed by atoms with van der Waals surface area (Å²) in [4.78, 5) is 12.7. The summed E-state index contributed by atoms with van der Waals surface area (Å²) in [6.07, 6.45) is 1.37. The molecule has 0 unspecified atom stereocenters. The Labute approximate surface area is 132 Å². The lowest BCUT2D eigenvalue weighted by atomic mass is 10.0. The fraction of sp³-hybridized carbons (Fsp3) is 0.167. The van der Waals surface area contributed by atoms with Crippen LogP contribution in [0.1, 0.15) is 16.7 Å². The van der Waals surface area contributed by atoms with E-state index < -0.39 is 0 Å². The van der Waals surface area contributed by atoms with Crippen molar-refractivity contribution in [2.75, 3.05) is 0 Å². The van der Waals surface area contributed by atoms with E-state index in [-0.39, 0.29) is 25.2 Å². The SMILES string of the molecule is O=c1c(-c2ccc(CO)cc2)coc2c(CO)cc(CO)cc12. The Kier molecular flexibility index (Phi) is 4.25. The number of rotatable bonds is 4. The van der Waals surface area contributed by atoms with Crippen molar-refractivity contribution in [3.05, 3.63) is 69.6 Å². The molecule has 0 amide bonds. The molecule has 0 atom stereocenters. The van der Waals surface area contributed by atoms with Crippen LogP contribution in [-0.2, 0) is 19.8 Å². The zero-order valence-corrected chi connectivity index (χ0v) is 12.3. The highest BCUT2D eigenvalue weighted by molar-refractivity contribution is 5.84. The van der Waals surface area contributed by atoms with Crippen LogP contribution in [0.25, 0.3) is 22.1 Å². The van der Waals surface area contributed by atoms with E-state index in [4.69, 9.17) is 9.52 Å². The van der Waals surface area contributed by atoms with Gasteiger partial charge in [0.15, 0.2) is 0 Å². The molecular weight excluding hydrogens is 296 g/mol. The molecule has 5 heteroatoms. The monoisotopic (exact) mass is 312 g/mol. The second kappa shape index (κ2) is 6.34. The topological polar surface area (TPSA) is 90.9 Å². The smallest absolute Gasteiger partial charge is 0.200 e. The second-order valence-corrected chi connectivity index (χ2v) is 5.28. The van der Waals surface area contributed by atoms with E-state index >= 15 is 0 Å². The summed E-state index contributed by atoms with van der Waals surface area (Å²) in [7, 11) is 0. The largest absolute Gasteiger partial charge is 0.463 e. The molecule has 0 fully saturated rings. The summed E-state index contributed by atoms with van der Waals surface area (Å²) in [5.74, 6) is 0. The summed E-state index contributed by atoms with van der Waals surface area (Å²) < 4.78 is 5.57. The highest BCUT2D eigenvalue weighted by Crippen LogP contribution is 2.24. The van der Waals surface area contributed by atoms with Crippen molar-refractivity contribution in [1.29, 1.82) is 0 Å². The van der Waals surface area contributed by atoms with Gasteiger partial charge in [-0.05, 0) is 28.8 Å². The van der Waals surface area contributed by atoms with Gasteiger partial charge in [0.25, 0.3) is 0 Å². The molecule has 0 radical (unpaired) electrons. The molecule has 0 saturated heterocycles. The Hall–Kier alpha value is -2.47. The summed E-state index contributed by atoms with van der Waals surface area (Å²) in [6, 6.07) is 10.1. The quantitative estimate of drug-likeness (QED) is 0.685. The average Bonchev–Trinajstić information content (AvgIpc) is 2.61. The minimum atomic E-state index is -0.280. The molecule has 23 heavy (non-hydrogen) atoms. The molecule has 0 saturated carbocycles. The first kappa shape index (κ1) is 15.4. The van der Waals surface area contributed by atoms with Crippen molar-refractivity contribution < 1.29 is 19.7 Å². The Balaban J connectivity index is 2.23. The van der Waals surface area contributed by atoms with Gasteiger partial charge in [0.2, 0.25) is 5.43 Å². The fourth-order valence-corrected chi connectivity index (χ4v) is 2.58. The molecule has 5 nitrogen and oxygen atoms in total. The average molecular weight is 312 g/mol. The maximum atomic E-state index is 12.7. The normalized spacial score (nSPS) is 11.1. The Morgan fingerprint density at radius 1 is 0.870 bits per heavy atom. The van der Waals surface area contributed by atoms with E-state index in [1.54, 1.807) is 36.4 Å². The van der Waals surface area contributed by atoms with E-state index in [1.165, 1.54) is 6.26 Å². The van der Waals surface area contributed by atoms with E-state index in [0.717, 1.165) is 5.56 Å². The van der Waals surface area contributed by atoms with Gasteiger partial charge in [0, 0.05) is 5.56 Å². The first-order valence-corrected chi connectivity index (χ1v) is 7.17. The number of aliphatic hydroxyl groups is 3. The van der Waals surface area contributed by atoms with Crippen LogP contribution in [0.5, 0.6) is 0 Å². The van der Waals surface area contributed by atoms with E-state index in [0.29, 0.717) is 33.2 Å². The minimum absolute atomic E-state index is 0.0632. The lowest BCUT2D eigenvalue weighted by molar-refractivity contribution is 0.275. The first-order valence-electron chi connectivity index (χ1n) is 7.17. The molecule has 0 aliphatic carbocycles. The molecule has 3 rings (SSSR count). The van der Waals surface area contributed by atoms with Crippen LogP contribution in [0.4, 0.5) is 0 Å². The third-order valence-electron chi connectivity index (χ3n) is 3.81. The van der Waals surface area contributed by atoms with Crippen molar-refractivity contribution in [2.45, 2.75) is 19.8 Å². The Bertz CT molecular complexity index is 894. The van der Waals surface area contributed by atoms with Crippen molar-refractivity contribution >= 4 is 11.0 Å². The minimum Gasteiger partial charge on any atom is -0.463 e. The molecule has 0 aliphatic heterocycles. The summed E-state index contributed by atoms with van der Waals surface area (Å²) in [5, 5.41) is 28.1. The Morgan fingerprint density at radius 3 is 2.17 bits per heavy atom. The van der Waals surface area contributed by atoms with E-state index in [2.05, 4.69) is 0 Å². The molecule has 0 aliphatic rings. The van der Waals surface area contributed by atoms with Crippen LogP contribution < -0.4 is 5.43 Å². The molecule has 0 bridgehead atoms. The highest BCUT2D eigenvalue weighted by Gasteiger charge is 2.13. The predicted octanol–water partition coefficient (Wildman–Crippen LogP) is 1.94. The molecule has 3 N–H and O–H groups in total. The third kappa shape index (κ3) is 2.77. The van der Waals surface area contributed by atoms with Crippen molar-refractivity contribution in [1.82, 2.24) is 0 Å². The van der Waals surface area contributed by atoms with Crippen LogP contribution >= 0.6 is 0 Å². The van der Waals surface area contributed by atoms with Gasteiger partial charge < -0.3 is 19.7 Å². The predicted molar refractivity (Wildman–Crippen MR) is 85.7 cm³/mol. The maximum Gasteiger partial charge on any atom is 0.200 e. The lowest BCUT2D eigenvalue weighted by Crippen LogP contribution is -2.07. The molecule has 1 heterocycles. The lowest BCUT2D eigenvalue weighted by Gasteiger charge is -2.08. The number of fused-ring (bicyclic) bond motifs is 1. The first-order chi connectivity index (χ1) is 11.2. The van der Waals surface area contributed by atoms with Gasteiger partial charge >= 0.3 is 0 Å². The van der Waals surface area contributed by atoms with Crippen LogP contribution in [0.2, 0.25) is 0 Å². The van der Waals surface area contributed by atoms with Gasteiger partial charge in [-0.15, -0.1) is 0 Å². The van der Waals surface area contributed by atoms with E-state index in [1.807, 2.05) is 0 Å². The van der Waals surface area contributed by atoms with Crippen LogP contribution in [-0.4, -0.2) is 15.3 Å². The number of aliphatic hydroxyl groups excluding tert-OH is 3. The molecule has 0 spiro atoms. The van der Waals surface area contributed by atoms with Crippen molar-refractivity contribution in [3.8, 4) is 11.1 Å². The summed E-state index contributed by atoms with van der Waals surface area (Å²) >= 11 is 0. The molecule has 1 aromatic heterocycles.